The van der Waals surface area contributed by atoms with Crippen LogP contribution in [0.25, 0.3) is 0 Å². The topological polar surface area (TPSA) is 73.8 Å². The van der Waals surface area contributed by atoms with Gasteiger partial charge in [0, 0.05) is 36.6 Å². The van der Waals surface area contributed by atoms with Gasteiger partial charge in [0.1, 0.15) is 5.01 Å². The zero-order valence-corrected chi connectivity index (χ0v) is 20.8. The number of hydrogen-bond acceptors (Lipinski definition) is 7. The van der Waals surface area contributed by atoms with Crippen LogP contribution >= 0.6 is 22.7 Å². The predicted molar refractivity (Wildman–Crippen MR) is 133 cm³/mol. The number of thiazole rings is 1. The molecule has 2 unspecified atom stereocenters. The van der Waals surface area contributed by atoms with Crippen LogP contribution in [0, 0.1) is 5.92 Å². The molecule has 4 heterocycles. The van der Waals surface area contributed by atoms with E-state index in [2.05, 4.69) is 22.9 Å². The van der Waals surface area contributed by atoms with Gasteiger partial charge in [-0.3, -0.25) is 19.3 Å². The van der Waals surface area contributed by atoms with E-state index in [0.29, 0.717) is 17.7 Å². The average molecular weight is 495 g/mol. The fourth-order valence-electron chi connectivity index (χ4n) is 4.79. The standard InChI is InChI=1S/C25H26N4O3S2/c1-16(20-9-5-12-33-20)27(2)23(30)17-6-4-11-28(14-17)19-8-3-7-18-22(19)25(32)29(24(18)31)15-21-26-10-13-34-21/h3,5,7-10,12-13,16-17H,4,6,11,14-15H2,1-2H3. The SMILES string of the molecule is CC(c1cccs1)N(C)C(=O)C1CCCN(c2cccc3c2C(=O)N(Cc2nccs2)C3=O)C1. The van der Waals surface area contributed by atoms with Crippen LogP contribution in [0.3, 0.4) is 0 Å². The number of piperidine rings is 1. The van der Waals surface area contributed by atoms with E-state index in [4.69, 9.17) is 0 Å². The molecule has 0 spiro atoms. The second-order valence-electron chi connectivity index (χ2n) is 8.75. The number of aromatic nitrogens is 1. The zero-order chi connectivity index (χ0) is 23.8. The van der Waals surface area contributed by atoms with Gasteiger partial charge in [0.05, 0.1) is 35.3 Å². The second-order valence-corrected chi connectivity index (χ2v) is 10.7. The number of nitrogens with zero attached hydrogens (tertiary/aromatic N) is 4. The molecule has 1 aromatic carbocycles. The summed E-state index contributed by atoms with van der Waals surface area (Å²) in [5.74, 6) is -0.615. The summed E-state index contributed by atoms with van der Waals surface area (Å²) in [6, 6.07) is 9.50. The molecule has 0 saturated carbocycles. The quantitative estimate of drug-likeness (QED) is 0.474. The van der Waals surface area contributed by atoms with Gasteiger partial charge in [-0.1, -0.05) is 12.1 Å². The van der Waals surface area contributed by atoms with Crippen LogP contribution in [0.5, 0.6) is 0 Å². The Morgan fingerprint density at radius 2 is 2.03 bits per heavy atom. The van der Waals surface area contributed by atoms with Gasteiger partial charge in [-0.25, -0.2) is 4.98 Å². The van der Waals surface area contributed by atoms with Crippen molar-refractivity contribution in [1.82, 2.24) is 14.8 Å². The van der Waals surface area contributed by atoms with E-state index in [9.17, 15) is 14.4 Å². The van der Waals surface area contributed by atoms with Gasteiger partial charge in [-0.2, -0.15) is 0 Å². The van der Waals surface area contributed by atoms with Crippen LogP contribution in [-0.2, 0) is 11.3 Å². The Labute approximate surface area is 206 Å². The highest BCUT2D eigenvalue weighted by atomic mass is 32.1. The molecule has 2 atom stereocenters. The third-order valence-electron chi connectivity index (χ3n) is 6.75. The predicted octanol–water partition coefficient (Wildman–Crippen LogP) is 4.44. The number of thiophene rings is 1. The molecule has 2 aliphatic heterocycles. The molecule has 7 nitrogen and oxygen atoms in total. The molecule has 34 heavy (non-hydrogen) atoms. The average Bonchev–Trinajstić information content (AvgIpc) is 3.63. The molecule has 9 heteroatoms. The maximum absolute atomic E-state index is 13.4. The summed E-state index contributed by atoms with van der Waals surface area (Å²) < 4.78 is 0. The molecule has 1 fully saturated rings. The monoisotopic (exact) mass is 494 g/mol. The number of hydrogen-bond donors (Lipinski definition) is 0. The number of carbonyl (C=O) groups excluding carboxylic acids is 3. The smallest absolute Gasteiger partial charge is 0.264 e. The van der Waals surface area contributed by atoms with Crippen LogP contribution in [0.15, 0.2) is 47.3 Å². The van der Waals surface area contributed by atoms with Gasteiger partial charge in [-0.05, 0) is 43.3 Å². The Bertz CT molecular complexity index is 1210. The summed E-state index contributed by atoms with van der Waals surface area (Å²) in [5.41, 5.74) is 1.61. The normalized spacial score (nSPS) is 18.8. The van der Waals surface area contributed by atoms with E-state index >= 15 is 0 Å². The first kappa shape index (κ1) is 22.7. The molecule has 0 radical (unpaired) electrons. The highest BCUT2D eigenvalue weighted by Crippen LogP contribution is 2.35. The van der Waals surface area contributed by atoms with E-state index in [1.165, 1.54) is 16.2 Å². The molecule has 0 N–H and O–H groups in total. The number of benzene rings is 1. The van der Waals surface area contributed by atoms with E-state index in [1.807, 2.05) is 40.9 Å². The summed E-state index contributed by atoms with van der Waals surface area (Å²) in [4.78, 5) is 50.3. The molecular formula is C25H26N4O3S2. The Kier molecular flexibility index (Phi) is 6.22. The molecule has 3 aromatic rings. The number of rotatable bonds is 6. The number of amides is 3. The highest BCUT2D eigenvalue weighted by Gasteiger charge is 2.40. The molecular weight excluding hydrogens is 468 g/mol. The summed E-state index contributed by atoms with van der Waals surface area (Å²) in [5, 5.41) is 4.58. The summed E-state index contributed by atoms with van der Waals surface area (Å²) in [6.45, 7) is 3.51. The highest BCUT2D eigenvalue weighted by molar-refractivity contribution is 7.10. The Morgan fingerprint density at radius 3 is 2.76 bits per heavy atom. The van der Waals surface area contributed by atoms with Crippen LogP contribution in [-0.4, -0.2) is 52.6 Å². The van der Waals surface area contributed by atoms with E-state index in [0.717, 1.165) is 35.0 Å². The van der Waals surface area contributed by atoms with Gasteiger partial charge < -0.3 is 9.80 Å². The first-order valence-electron chi connectivity index (χ1n) is 11.4. The Balaban J connectivity index is 1.36. The van der Waals surface area contributed by atoms with Gasteiger partial charge in [0.25, 0.3) is 11.8 Å². The van der Waals surface area contributed by atoms with E-state index < -0.39 is 0 Å². The molecule has 0 aliphatic carbocycles. The van der Waals surface area contributed by atoms with Crippen molar-refractivity contribution in [3.8, 4) is 0 Å². The molecule has 1 saturated heterocycles. The molecule has 0 bridgehead atoms. The van der Waals surface area contributed by atoms with Gasteiger partial charge in [0.15, 0.2) is 0 Å². The van der Waals surface area contributed by atoms with Crippen LogP contribution in [0.2, 0.25) is 0 Å². The van der Waals surface area contributed by atoms with Crippen LogP contribution in [0.1, 0.15) is 56.4 Å². The van der Waals surface area contributed by atoms with Gasteiger partial charge >= 0.3 is 0 Å². The number of anilines is 1. The van der Waals surface area contributed by atoms with Crippen molar-refractivity contribution >= 4 is 46.1 Å². The molecule has 2 aliphatic rings. The number of imide groups is 1. The van der Waals surface area contributed by atoms with Crippen molar-refractivity contribution in [2.24, 2.45) is 5.92 Å². The van der Waals surface area contributed by atoms with Crippen molar-refractivity contribution < 1.29 is 14.4 Å². The molecule has 176 valence electrons. The maximum Gasteiger partial charge on any atom is 0.264 e. The van der Waals surface area contributed by atoms with Gasteiger partial charge in [-0.15, -0.1) is 22.7 Å². The van der Waals surface area contributed by atoms with Crippen molar-refractivity contribution in [3.63, 3.8) is 0 Å². The first-order chi connectivity index (χ1) is 16.5. The lowest BCUT2D eigenvalue weighted by Crippen LogP contribution is -2.44. The third kappa shape index (κ3) is 4.03. The Morgan fingerprint density at radius 1 is 1.18 bits per heavy atom. The maximum atomic E-state index is 13.4. The van der Waals surface area contributed by atoms with Crippen molar-refractivity contribution in [2.75, 3.05) is 25.0 Å². The van der Waals surface area contributed by atoms with E-state index in [-0.39, 0.29) is 36.2 Å². The number of carbonyl (C=O) groups is 3. The minimum absolute atomic E-state index is 0.0162. The minimum Gasteiger partial charge on any atom is -0.370 e. The minimum atomic E-state index is -0.289. The lowest BCUT2D eigenvalue weighted by atomic mass is 9.94. The van der Waals surface area contributed by atoms with Crippen LogP contribution < -0.4 is 4.90 Å². The third-order valence-corrected chi connectivity index (χ3v) is 8.56. The zero-order valence-electron chi connectivity index (χ0n) is 19.1. The van der Waals surface area contributed by atoms with Crippen molar-refractivity contribution in [1.29, 1.82) is 0 Å². The fourth-order valence-corrected chi connectivity index (χ4v) is 6.22. The molecule has 2 aromatic heterocycles. The van der Waals surface area contributed by atoms with Crippen molar-refractivity contribution in [3.05, 3.63) is 68.3 Å². The molecule has 5 rings (SSSR count). The summed E-state index contributed by atoms with van der Waals surface area (Å²) in [7, 11) is 1.87. The largest absolute Gasteiger partial charge is 0.370 e. The number of fused-ring (bicyclic) bond motifs is 1. The summed E-state index contributed by atoms with van der Waals surface area (Å²) in [6.07, 6.45) is 3.34. The first-order valence-corrected chi connectivity index (χ1v) is 13.1. The van der Waals surface area contributed by atoms with Crippen LogP contribution in [0.4, 0.5) is 5.69 Å². The second kappa shape index (κ2) is 9.31. The van der Waals surface area contributed by atoms with E-state index in [1.54, 1.807) is 23.6 Å². The lowest BCUT2D eigenvalue weighted by molar-refractivity contribution is -0.136. The Hall–Kier alpha value is -3.04. The van der Waals surface area contributed by atoms with Crippen molar-refractivity contribution in [2.45, 2.75) is 32.4 Å². The fraction of sp³-hybridized carbons (Fsp3) is 0.360. The lowest BCUT2D eigenvalue weighted by Gasteiger charge is -2.37. The van der Waals surface area contributed by atoms with Gasteiger partial charge in [0.2, 0.25) is 5.91 Å². The molecule has 3 amide bonds. The summed E-state index contributed by atoms with van der Waals surface area (Å²) >= 11 is 3.08.